The fourth-order valence-electron chi connectivity index (χ4n) is 1.59. The van der Waals surface area contributed by atoms with E-state index in [1.165, 1.54) is 4.90 Å². The summed E-state index contributed by atoms with van der Waals surface area (Å²) in [4.78, 5) is 5.98. The molecule has 5 heteroatoms. The summed E-state index contributed by atoms with van der Waals surface area (Å²) in [7, 11) is 0. The Balaban J connectivity index is 1.87. The molecular weight excluding hydrogens is 254 g/mol. The van der Waals surface area contributed by atoms with E-state index in [4.69, 9.17) is 11.6 Å². The fraction of sp³-hybridized carbons (Fsp3) is 0.417. The van der Waals surface area contributed by atoms with Crippen LogP contribution in [0.2, 0.25) is 5.02 Å². The van der Waals surface area contributed by atoms with E-state index in [1.807, 2.05) is 18.2 Å². The standard InChI is InChI=1S/C12H16ClN3S/c1-2-16-8-14-12(15-9-16)17-7-10-5-3-4-6-11(10)13/h3-6H,2,7-9H2,1H3,(H,14,15)/p+1. The van der Waals surface area contributed by atoms with E-state index in [0.717, 1.165) is 41.4 Å². The summed E-state index contributed by atoms with van der Waals surface area (Å²) in [6.45, 7) is 5.12. The van der Waals surface area contributed by atoms with Gasteiger partial charge in [0.25, 0.3) is 0 Å². The number of nitrogens with zero attached hydrogens (tertiary/aromatic N) is 1. The van der Waals surface area contributed by atoms with Crippen molar-refractivity contribution in [2.45, 2.75) is 12.7 Å². The van der Waals surface area contributed by atoms with E-state index in [2.05, 4.69) is 23.3 Å². The van der Waals surface area contributed by atoms with Crippen molar-refractivity contribution in [1.29, 1.82) is 0 Å². The molecule has 0 amide bonds. The van der Waals surface area contributed by atoms with Gasteiger partial charge in [-0.3, -0.25) is 4.90 Å². The van der Waals surface area contributed by atoms with Crippen LogP contribution in [0, 0.1) is 0 Å². The summed E-state index contributed by atoms with van der Waals surface area (Å²) in [5, 5.41) is 5.20. The van der Waals surface area contributed by atoms with E-state index in [0.29, 0.717) is 0 Å². The number of quaternary nitrogens is 1. The molecule has 0 aromatic heterocycles. The number of hydrogen-bond acceptors (Lipinski definition) is 3. The molecule has 92 valence electrons. The smallest absolute Gasteiger partial charge is 0.175 e. The van der Waals surface area contributed by atoms with Crippen LogP contribution in [0.1, 0.15) is 12.5 Å². The van der Waals surface area contributed by atoms with Crippen LogP contribution in [0.4, 0.5) is 0 Å². The quantitative estimate of drug-likeness (QED) is 0.868. The third-order valence-corrected chi connectivity index (χ3v) is 4.13. The highest BCUT2D eigenvalue weighted by molar-refractivity contribution is 8.13. The second-order valence-electron chi connectivity index (χ2n) is 3.96. The van der Waals surface area contributed by atoms with Gasteiger partial charge in [-0.05, 0) is 18.6 Å². The second-order valence-corrected chi connectivity index (χ2v) is 5.33. The Kier molecular flexibility index (Phi) is 4.71. The normalized spacial score (nSPS) is 19.6. The van der Waals surface area contributed by atoms with Gasteiger partial charge in [0.15, 0.2) is 18.5 Å². The molecule has 1 unspecified atom stereocenters. The van der Waals surface area contributed by atoms with Crippen LogP contribution in [0.15, 0.2) is 29.3 Å². The van der Waals surface area contributed by atoms with Gasteiger partial charge in [-0.2, -0.15) is 0 Å². The first-order chi connectivity index (χ1) is 8.29. The van der Waals surface area contributed by atoms with Crippen molar-refractivity contribution in [2.75, 3.05) is 19.9 Å². The molecule has 0 saturated heterocycles. The highest BCUT2D eigenvalue weighted by Gasteiger charge is 2.13. The number of benzene rings is 1. The van der Waals surface area contributed by atoms with Gasteiger partial charge in [0.1, 0.15) is 0 Å². The van der Waals surface area contributed by atoms with Crippen molar-refractivity contribution in [3.05, 3.63) is 34.9 Å². The number of thioether (sulfide) groups is 1. The van der Waals surface area contributed by atoms with Crippen LogP contribution < -0.4 is 10.2 Å². The van der Waals surface area contributed by atoms with Gasteiger partial charge in [0, 0.05) is 10.8 Å². The van der Waals surface area contributed by atoms with Gasteiger partial charge in [-0.1, -0.05) is 41.6 Å². The maximum absolute atomic E-state index is 6.11. The first-order valence-corrected chi connectivity index (χ1v) is 7.14. The molecule has 0 aliphatic carbocycles. The van der Waals surface area contributed by atoms with Crippen LogP contribution >= 0.6 is 23.4 Å². The Morgan fingerprint density at radius 1 is 1.47 bits per heavy atom. The number of rotatable bonds is 3. The molecule has 0 saturated carbocycles. The van der Waals surface area contributed by atoms with Crippen molar-refractivity contribution in [3.63, 3.8) is 0 Å². The lowest BCUT2D eigenvalue weighted by Gasteiger charge is -2.22. The van der Waals surface area contributed by atoms with Crippen LogP contribution in [0.25, 0.3) is 0 Å². The van der Waals surface area contributed by atoms with Crippen molar-refractivity contribution in [3.8, 4) is 0 Å². The van der Waals surface area contributed by atoms with Crippen LogP contribution in [-0.4, -0.2) is 25.0 Å². The topological polar surface area (TPSA) is 28.8 Å². The molecular formula is C12H17ClN3S+. The molecule has 17 heavy (non-hydrogen) atoms. The Morgan fingerprint density at radius 2 is 2.29 bits per heavy atom. The molecule has 1 aliphatic rings. The van der Waals surface area contributed by atoms with Crippen molar-refractivity contribution < 1.29 is 4.90 Å². The summed E-state index contributed by atoms with van der Waals surface area (Å²) in [6, 6.07) is 7.95. The van der Waals surface area contributed by atoms with Crippen molar-refractivity contribution >= 4 is 28.5 Å². The Hall–Kier alpha value is -0.710. The zero-order chi connectivity index (χ0) is 12.1. The van der Waals surface area contributed by atoms with Gasteiger partial charge in [0.2, 0.25) is 0 Å². The largest absolute Gasteiger partial charge is 0.318 e. The molecule has 0 radical (unpaired) electrons. The average molecular weight is 271 g/mol. The monoisotopic (exact) mass is 270 g/mol. The molecule has 1 heterocycles. The van der Waals surface area contributed by atoms with Crippen molar-refractivity contribution in [1.82, 2.24) is 5.32 Å². The van der Waals surface area contributed by atoms with Crippen LogP contribution in [0.3, 0.4) is 0 Å². The van der Waals surface area contributed by atoms with Gasteiger partial charge < -0.3 is 5.32 Å². The lowest BCUT2D eigenvalue weighted by molar-refractivity contribution is -0.900. The lowest BCUT2D eigenvalue weighted by Crippen LogP contribution is -3.14. The minimum atomic E-state index is 0.831. The van der Waals surface area contributed by atoms with Gasteiger partial charge in [0.05, 0.1) is 6.54 Å². The van der Waals surface area contributed by atoms with Gasteiger partial charge in [-0.25, -0.2) is 4.99 Å². The van der Waals surface area contributed by atoms with Crippen LogP contribution in [0.5, 0.6) is 0 Å². The lowest BCUT2D eigenvalue weighted by atomic mass is 10.2. The van der Waals surface area contributed by atoms with E-state index >= 15 is 0 Å². The Morgan fingerprint density at radius 3 is 2.94 bits per heavy atom. The molecule has 1 aromatic rings. The predicted octanol–water partition coefficient (Wildman–Crippen LogP) is 1.35. The third kappa shape index (κ3) is 3.63. The molecule has 1 aromatic carbocycles. The number of nitrogens with one attached hydrogen (secondary N) is 2. The number of halogens is 1. The Bertz CT molecular complexity index is 408. The number of hydrogen-bond donors (Lipinski definition) is 2. The average Bonchev–Trinajstić information content (AvgIpc) is 2.38. The molecule has 0 bridgehead atoms. The molecule has 2 rings (SSSR count). The predicted molar refractivity (Wildman–Crippen MR) is 74.6 cm³/mol. The molecule has 0 fully saturated rings. The second kappa shape index (κ2) is 6.28. The van der Waals surface area contributed by atoms with Crippen LogP contribution in [-0.2, 0) is 5.75 Å². The zero-order valence-electron chi connectivity index (χ0n) is 9.87. The Labute approximate surface area is 111 Å². The summed E-state index contributed by atoms with van der Waals surface area (Å²) in [5.74, 6) is 0.868. The highest BCUT2D eigenvalue weighted by Crippen LogP contribution is 2.21. The minimum Gasteiger partial charge on any atom is -0.318 e. The fourth-order valence-corrected chi connectivity index (χ4v) is 2.75. The number of aliphatic imine (C=N–C) groups is 1. The highest BCUT2D eigenvalue weighted by atomic mass is 35.5. The SMILES string of the molecule is CC[NH+]1CN=C(SCc2ccccc2Cl)NC1. The first-order valence-electron chi connectivity index (χ1n) is 5.77. The van der Waals surface area contributed by atoms with E-state index in [-0.39, 0.29) is 0 Å². The minimum absolute atomic E-state index is 0.831. The van der Waals surface area contributed by atoms with E-state index in [9.17, 15) is 0 Å². The van der Waals surface area contributed by atoms with Gasteiger partial charge in [-0.15, -0.1) is 0 Å². The van der Waals surface area contributed by atoms with Crippen molar-refractivity contribution in [2.24, 2.45) is 4.99 Å². The zero-order valence-corrected chi connectivity index (χ0v) is 11.4. The molecule has 0 spiro atoms. The summed E-state index contributed by atoms with van der Waals surface area (Å²) in [5.41, 5.74) is 1.16. The summed E-state index contributed by atoms with van der Waals surface area (Å²) in [6.07, 6.45) is 0. The summed E-state index contributed by atoms with van der Waals surface area (Å²) < 4.78 is 0. The molecule has 2 N–H and O–H groups in total. The third-order valence-electron chi connectivity index (χ3n) is 2.76. The molecule has 1 atom stereocenters. The molecule has 1 aliphatic heterocycles. The summed E-state index contributed by atoms with van der Waals surface area (Å²) >= 11 is 7.83. The van der Waals surface area contributed by atoms with E-state index in [1.54, 1.807) is 11.8 Å². The van der Waals surface area contributed by atoms with Gasteiger partial charge >= 0.3 is 0 Å². The first kappa shape index (κ1) is 12.7. The number of amidine groups is 1. The maximum Gasteiger partial charge on any atom is 0.175 e. The molecule has 3 nitrogen and oxygen atoms in total. The maximum atomic E-state index is 6.11. The van der Waals surface area contributed by atoms with E-state index < -0.39 is 0 Å².